The third kappa shape index (κ3) is 3.70. The summed E-state index contributed by atoms with van der Waals surface area (Å²) >= 11 is 0. The Labute approximate surface area is 113 Å². The number of rotatable bonds is 6. The Hall–Kier alpha value is -1.56. The van der Waals surface area contributed by atoms with Gasteiger partial charge in [-0.3, -0.25) is 0 Å². The van der Waals surface area contributed by atoms with Gasteiger partial charge in [-0.2, -0.15) is 0 Å². The van der Waals surface area contributed by atoms with E-state index >= 15 is 0 Å². The van der Waals surface area contributed by atoms with E-state index in [0.29, 0.717) is 0 Å². The molecule has 106 valence electrons. The molecule has 0 aliphatic rings. The molecule has 6 heteroatoms. The predicted molar refractivity (Wildman–Crippen MR) is 71.5 cm³/mol. The van der Waals surface area contributed by atoms with E-state index in [2.05, 4.69) is 0 Å². The molecule has 1 atom stereocenters. The Morgan fingerprint density at radius 1 is 1.42 bits per heavy atom. The number of carboxylic acids is 1. The smallest absolute Gasteiger partial charge is 0.339 e. The molecular formula is C13H18O5S. The highest BCUT2D eigenvalue weighted by atomic mass is 32.2. The second-order valence-corrected chi connectivity index (χ2v) is 6.50. The number of hydrogen-bond donors (Lipinski definition) is 1. The second kappa shape index (κ2) is 6.06. The van der Waals surface area contributed by atoms with Crippen molar-refractivity contribution in [2.45, 2.75) is 25.2 Å². The van der Waals surface area contributed by atoms with Crippen LogP contribution in [0.15, 0.2) is 23.1 Å². The molecule has 0 heterocycles. The van der Waals surface area contributed by atoms with E-state index in [0.717, 1.165) is 12.5 Å². The minimum absolute atomic E-state index is 0.00882. The molecule has 0 bridgehead atoms. The van der Waals surface area contributed by atoms with Gasteiger partial charge in [0.05, 0.1) is 17.8 Å². The van der Waals surface area contributed by atoms with Crippen LogP contribution in [-0.4, -0.2) is 32.4 Å². The lowest BCUT2D eigenvalue weighted by molar-refractivity contribution is 0.0693. The van der Waals surface area contributed by atoms with E-state index in [1.807, 2.05) is 13.8 Å². The molecule has 1 rings (SSSR count). The monoisotopic (exact) mass is 286 g/mol. The molecule has 1 aromatic rings. The van der Waals surface area contributed by atoms with Gasteiger partial charge in [-0.15, -0.1) is 0 Å². The van der Waals surface area contributed by atoms with E-state index in [9.17, 15) is 13.2 Å². The van der Waals surface area contributed by atoms with Crippen molar-refractivity contribution in [2.24, 2.45) is 5.92 Å². The SMILES string of the molecule is CCC(C)CS(=O)(=O)c1ccc(OC)c(C(=O)O)c1. The summed E-state index contributed by atoms with van der Waals surface area (Å²) in [7, 11) is -2.13. The Balaban J connectivity index is 3.22. The molecule has 19 heavy (non-hydrogen) atoms. The molecule has 1 unspecified atom stereocenters. The largest absolute Gasteiger partial charge is 0.496 e. The van der Waals surface area contributed by atoms with Crippen molar-refractivity contribution >= 4 is 15.8 Å². The summed E-state index contributed by atoms with van der Waals surface area (Å²) in [6.45, 7) is 3.76. The van der Waals surface area contributed by atoms with Crippen molar-refractivity contribution in [1.82, 2.24) is 0 Å². The summed E-state index contributed by atoms with van der Waals surface area (Å²) in [5, 5.41) is 9.04. The number of sulfone groups is 1. The zero-order valence-electron chi connectivity index (χ0n) is 11.2. The van der Waals surface area contributed by atoms with E-state index in [1.54, 1.807) is 0 Å². The van der Waals surface area contributed by atoms with Crippen molar-refractivity contribution < 1.29 is 23.1 Å². The van der Waals surface area contributed by atoms with Gasteiger partial charge in [-0.25, -0.2) is 13.2 Å². The van der Waals surface area contributed by atoms with Gasteiger partial charge in [0, 0.05) is 0 Å². The maximum Gasteiger partial charge on any atom is 0.339 e. The van der Waals surface area contributed by atoms with Crippen LogP contribution in [0.25, 0.3) is 0 Å². The zero-order valence-corrected chi connectivity index (χ0v) is 12.0. The molecule has 0 aliphatic heterocycles. The maximum atomic E-state index is 12.1. The third-order valence-corrected chi connectivity index (χ3v) is 4.94. The van der Waals surface area contributed by atoms with Crippen molar-refractivity contribution in [3.8, 4) is 5.75 Å². The summed E-state index contributed by atoms with van der Waals surface area (Å²) in [4.78, 5) is 11.1. The van der Waals surface area contributed by atoms with Crippen molar-refractivity contribution in [2.75, 3.05) is 12.9 Å². The van der Waals surface area contributed by atoms with Gasteiger partial charge in [-0.05, 0) is 24.1 Å². The van der Waals surface area contributed by atoms with Gasteiger partial charge in [0.15, 0.2) is 9.84 Å². The van der Waals surface area contributed by atoms with Crippen LogP contribution in [0.2, 0.25) is 0 Å². The predicted octanol–water partition coefficient (Wildman–Crippen LogP) is 2.21. The summed E-state index contributed by atoms with van der Waals surface area (Å²) in [6.07, 6.45) is 0.751. The van der Waals surface area contributed by atoms with Crippen LogP contribution in [0.1, 0.15) is 30.6 Å². The summed E-state index contributed by atoms with van der Waals surface area (Å²) < 4.78 is 29.2. The first-order valence-electron chi connectivity index (χ1n) is 5.96. The summed E-state index contributed by atoms with van der Waals surface area (Å²) in [6, 6.07) is 3.90. The Morgan fingerprint density at radius 3 is 2.53 bits per heavy atom. The van der Waals surface area contributed by atoms with E-state index in [1.165, 1.54) is 19.2 Å². The number of ether oxygens (including phenoxy) is 1. The molecule has 0 saturated carbocycles. The highest BCUT2D eigenvalue weighted by molar-refractivity contribution is 7.91. The molecule has 1 N–H and O–H groups in total. The van der Waals surface area contributed by atoms with Gasteiger partial charge in [0.25, 0.3) is 0 Å². The second-order valence-electron chi connectivity index (χ2n) is 4.46. The highest BCUT2D eigenvalue weighted by Gasteiger charge is 2.21. The van der Waals surface area contributed by atoms with Crippen molar-refractivity contribution in [3.63, 3.8) is 0 Å². The molecule has 0 amide bonds. The topological polar surface area (TPSA) is 80.7 Å². The molecule has 0 saturated heterocycles. The first kappa shape index (κ1) is 15.5. The average Bonchev–Trinajstić information content (AvgIpc) is 2.37. The Bertz CT molecular complexity index is 562. The van der Waals surface area contributed by atoms with Gasteiger partial charge in [-0.1, -0.05) is 20.3 Å². The third-order valence-electron chi connectivity index (χ3n) is 2.96. The number of carboxylic acid groups (broad SMARTS) is 1. The van der Waals surface area contributed by atoms with E-state index < -0.39 is 15.8 Å². The van der Waals surface area contributed by atoms with Gasteiger partial charge >= 0.3 is 5.97 Å². The minimum Gasteiger partial charge on any atom is -0.496 e. The van der Waals surface area contributed by atoms with Crippen LogP contribution in [0.3, 0.4) is 0 Å². The van der Waals surface area contributed by atoms with Crippen LogP contribution < -0.4 is 4.74 Å². The van der Waals surface area contributed by atoms with Crippen LogP contribution in [0.4, 0.5) is 0 Å². The highest BCUT2D eigenvalue weighted by Crippen LogP contribution is 2.24. The minimum atomic E-state index is -3.47. The fourth-order valence-electron chi connectivity index (χ4n) is 1.64. The molecular weight excluding hydrogens is 268 g/mol. The van der Waals surface area contributed by atoms with E-state index in [4.69, 9.17) is 9.84 Å². The first-order valence-corrected chi connectivity index (χ1v) is 7.61. The zero-order chi connectivity index (χ0) is 14.6. The molecule has 1 aromatic carbocycles. The molecule has 5 nitrogen and oxygen atoms in total. The fourth-order valence-corrected chi connectivity index (χ4v) is 3.39. The summed E-state index contributed by atoms with van der Waals surface area (Å²) in [5.74, 6) is -1.03. The molecule has 0 radical (unpaired) electrons. The molecule has 0 fully saturated rings. The number of methoxy groups -OCH3 is 1. The van der Waals surface area contributed by atoms with Crippen LogP contribution in [-0.2, 0) is 9.84 Å². The first-order chi connectivity index (χ1) is 8.81. The average molecular weight is 286 g/mol. The fraction of sp³-hybridized carbons (Fsp3) is 0.462. The standard InChI is InChI=1S/C13H18O5S/c1-4-9(2)8-19(16,17)10-5-6-12(18-3)11(7-10)13(14)15/h5-7,9H,4,8H2,1-3H3,(H,14,15). The molecule has 0 aliphatic carbocycles. The maximum absolute atomic E-state index is 12.1. The Kier molecular flexibility index (Phi) is 4.94. The van der Waals surface area contributed by atoms with Gasteiger partial charge in [0.1, 0.15) is 11.3 Å². The van der Waals surface area contributed by atoms with Crippen molar-refractivity contribution in [3.05, 3.63) is 23.8 Å². The lowest BCUT2D eigenvalue weighted by Crippen LogP contribution is -2.14. The van der Waals surface area contributed by atoms with Crippen LogP contribution in [0, 0.1) is 5.92 Å². The molecule has 0 aromatic heterocycles. The normalized spacial score (nSPS) is 13.0. The number of carbonyl (C=O) groups is 1. The lowest BCUT2D eigenvalue weighted by Gasteiger charge is -2.11. The Morgan fingerprint density at radius 2 is 2.05 bits per heavy atom. The lowest BCUT2D eigenvalue weighted by atomic mass is 10.2. The van der Waals surface area contributed by atoms with Gasteiger partial charge in [0.2, 0.25) is 0 Å². The number of hydrogen-bond acceptors (Lipinski definition) is 4. The van der Waals surface area contributed by atoms with Crippen molar-refractivity contribution in [1.29, 1.82) is 0 Å². The van der Waals surface area contributed by atoms with Crippen LogP contribution in [0.5, 0.6) is 5.75 Å². The summed E-state index contributed by atoms with van der Waals surface area (Å²) in [5.41, 5.74) is -0.146. The van der Waals surface area contributed by atoms with Gasteiger partial charge < -0.3 is 9.84 Å². The number of benzene rings is 1. The quantitative estimate of drug-likeness (QED) is 0.867. The number of aromatic carboxylic acids is 1. The molecule has 0 spiro atoms. The van der Waals surface area contributed by atoms with Crippen LogP contribution >= 0.6 is 0 Å². The van der Waals surface area contributed by atoms with E-state index in [-0.39, 0.29) is 27.9 Å².